The van der Waals surface area contributed by atoms with E-state index in [1.54, 1.807) is 0 Å². The summed E-state index contributed by atoms with van der Waals surface area (Å²) in [5, 5.41) is 22.5. The number of H-pyrrole nitrogens is 1. The molecule has 0 aromatic carbocycles. The topological polar surface area (TPSA) is 144 Å². The predicted molar refractivity (Wildman–Crippen MR) is 66.5 cm³/mol. The normalized spacial score (nSPS) is 13.3. The number of imidazole rings is 1. The third kappa shape index (κ3) is 4.69. The first-order valence-corrected chi connectivity index (χ1v) is 5.82. The highest BCUT2D eigenvalue weighted by atomic mass is 16.4. The molecule has 0 aliphatic rings. The SMILES string of the molecule is CC(=O)N[C@@H](CO)C(=O)N[C@@H](Cc1cnc[nH]1)C(=O)O. The van der Waals surface area contributed by atoms with Gasteiger partial charge in [-0.05, 0) is 0 Å². The van der Waals surface area contributed by atoms with Crippen LogP contribution in [0.15, 0.2) is 12.5 Å². The summed E-state index contributed by atoms with van der Waals surface area (Å²) < 4.78 is 0. The molecule has 1 heterocycles. The maximum absolute atomic E-state index is 11.8. The molecular weight excluding hydrogens is 268 g/mol. The second-order valence-corrected chi connectivity index (χ2v) is 4.12. The molecule has 110 valence electrons. The number of rotatable bonds is 7. The van der Waals surface area contributed by atoms with Gasteiger partial charge in [-0.2, -0.15) is 0 Å². The molecule has 0 saturated heterocycles. The molecule has 2 atom stereocenters. The fourth-order valence-corrected chi connectivity index (χ4v) is 1.53. The lowest BCUT2D eigenvalue weighted by Crippen LogP contribution is -2.53. The largest absolute Gasteiger partial charge is 0.480 e. The average molecular weight is 284 g/mol. The van der Waals surface area contributed by atoms with E-state index in [0.29, 0.717) is 5.69 Å². The van der Waals surface area contributed by atoms with Gasteiger partial charge in [0, 0.05) is 25.2 Å². The smallest absolute Gasteiger partial charge is 0.326 e. The minimum Gasteiger partial charge on any atom is -0.480 e. The number of carboxylic acids is 1. The van der Waals surface area contributed by atoms with Gasteiger partial charge in [-0.25, -0.2) is 9.78 Å². The van der Waals surface area contributed by atoms with Gasteiger partial charge in [0.15, 0.2) is 0 Å². The summed E-state index contributed by atoms with van der Waals surface area (Å²) in [6.07, 6.45) is 2.85. The Labute approximate surface area is 114 Å². The molecule has 2 amide bonds. The van der Waals surface area contributed by atoms with Crippen molar-refractivity contribution in [3.05, 3.63) is 18.2 Å². The highest BCUT2D eigenvalue weighted by Gasteiger charge is 2.25. The lowest BCUT2D eigenvalue weighted by atomic mass is 10.1. The van der Waals surface area contributed by atoms with Crippen molar-refractivity contribution >= 4 is 17.8 Å². The van der Waals surface area contributed by atoms with E-state index in [1.807, 2.05) is 0 Å². The van der Waals surface area contributed by atoms with Crippen LogP contribution >= 0.6 is 0 Å². The fourth-order valence-electron chi connectivity index (χ4n) is 1.53. The van der Waals surface area contributed by atoms with Crippen LogP contribution in [-0.2, 0) is 20.8 Å². The minimum atomic E-state index is -1.23. The molecule has 0 radical (unpaired) electrons. The van der Waals surface area contributed by atoms with Gasteiger partial charge in [0.25, 0.3) is 0 Å². The second kappa shape index (κ2) is 7.24. The number of nitrogens with one attached hydrogen (secondary N) is 3. The van der Waals surface area contributed by atoms with Crippen LogP contribution in [0.5, 0.6) is 0 Å². The number of aromatic amines is 1. The number of hydrogen-bond donors (Lipinski definition) is 5. The van der Waals surface area contributed by atoms with Crippen LogP contribution < -0.4 is 10.6 Å². The van der Waals surface area contributed by atoms with Crippen molar-refractivity contribution in [3.63, 3.8) is 0 Å². The van der Waals surface area contributed by atoms with Crippen molar-refractivity contribution in [2.45, 2.75) is 25.4 Å². The number of amides is 2. The number of aromatic nitrogens is 2. The molecule has 0 saturated carbocycles. The highest BCUT2D eigenvalue weighted by molar-refractivity contribution is 5.90. The summed E-state index contributed by atoms with van der Waals surface area (Å²) >= 11 is 0. The van der Waals surface area contributed by atoms with Crippen molar-refractivity contribution in [1.29, 1.82) is 0 Å². The number of carbonyl (C=O) groups is 3. The van der Waals surface area contributed by atoms with Crippen LogP contribution in [-0.4, -0.2) is 56.7 Å². The Balaban J connectivity index is 2.67. The first-order valence-electron chi connectivity index (χ1n) is 5.82. The third-order valence-corrected chi connectivity index (χ3v) is 2.47. The molecule has 0 bridgehead atoms. The lowest BCUT2D eigenvalue weighted by Gasteiger charge is -2.19. The molecule has 1 aromatic rings. The van der Waals surface area contributed by atoms with Crippen LogP contribution in [0, 0.1) is 0 Å². The summed E-state index contributed by atoms with van der Waals surface area (Å²) in [5.74, 6) is -2.50. The van der Waals surface area contributed by atoms with Gasteiger partial charge in [-0.1, -0.05) is 0 Å². The van der Waals surface area contributed by atoms with Crippen LogP contribution in [0.2, 0.25) is 0 Å². The quantitative estimate of drug-likeness (QED) is 0.392. The molecule has 9 heteroatoms. The highest BCUT2D eigenvalue weighted by Crippen LogP contribution is 1.99. The van der Waals surface area contributed by atoms with Crippen LogP contribution in [0.3, 0.4) is 0 Å². The minimum absolute atomic E-state index is 0.0132. The zero-order valence-corrected chi connectivity index (χ0v) is 10.8. The Morgan fingerprint density at radius 2 is 2.05 bits per heavy atom. The van der Waals surface area contributed by atoms with Crippen LogP contribution in [0.1, 0.15) is 12.6 Å². The average Bonchev–Trinajstić information content (AvgIpc) is 2.87. The van der Waals surface area contributed by atoms with E-state index in [4.69, 9.17) is 10.2 Å². The maximum Gasteiger partial charge on any atom is 0.326 e. The number of carbonyl (C=O) groups excluding carboxylic acids is 2. The van der Waals surface area contributed by atoms with Gasteiger partial charge in [0.2, 0.25) is 11.8 Å². The Bertz CT molecular complexity index is 473. The van der Waals surface area contributed by atoms with Gasteiger partial charge >= 0.3 is 5.97 Å². The van der Waals surface area contributed by atoms with E-state index < -0.39 is 36.5 Å². The zero-order chi connectivity index (χ0) is 15.1. The molecule has 0 aliphatic carbocycles. The molecule has 0 spiro atoms. The summed E-state index contributed by atoms with van der Waals surface area (Å²) in [7, 11) is 0. The third-order valence-electron chi connectivity index (χ3n) is 2.47. The summed E-state index contributed by atoms with van der Waals surface area (Å²) in [6.45, 7) is 0.566. The second-order valence-electron chi connectivity index (χ2n) is 4.12. The number of aliphatic carboxylic acids is 1. The number of hydrogen-bond acceptors (Lipinski definition) is 5. The van der Waals surface area contributed by atoms with E-state index in [1.165, 1.54) is 19.4 Å². The van der Waals surface area contributed by atoms with Crippen molar-refractivity contribution < 1.29 is 24.6 Å². The monoisotopic (exact) mass is 284 g/mol. The van der Waals surface area contributed by atoms with Crippen LogP contribution in [0.25, 0.3) is 0 Å². The van der Waals surface area contributed by atoms with Crippen molar-refractivity contribution in [3.8, 4) is 0 Å². The van der Waals surface area contributed by atoms with Gasteiger partial charge in [0.1, 0.15) is 12.1 Å². The van der Waals surface area contributed by atoms with E-state index >= 15 is 0 Å². The Hall–Kier alpha value is -2.42. The molecular formula is C11H16N4O5. The lowest BCUT2D eigenvalue weighted by molar-refractivity contribution is -0.142. The van der Waals surface area contributed by atoms with E-state index in [-0.39, 0.29) is 6.42 Å². The van der Waals surface area contributed by atoms with Gasteiger partial charge in [-0.15, -0.1) is 0 Å². The summed E-state index contributed by atoms with van der Waals surface area (Å²) in [4.78, 5) is 40.2. The van der Waals surface area contributed by atoms with Crippen molar-refractivity contribution in [1.82, 2.24) is 20.6 Å². The molecule has 0 unspecified atom stereocenters. The number of nitrogens with zero attached hydrogens (tertiary/aromatic N) is 1. The van der Waals surface area contributed by atoms with Gasteiger partial charge in [0.05, 0.1) is 12.9 Å². The molecule has 0 aliphatic heterocycles. The fraction of sp³-hybridized carbons (Fsp3) is 0.455. The standard InChI is InChI=1S/C11H16N4O5/c1-6(17)14-9(4-16)10(18)15-8(11(19)20)2-7-3-12-5-13-7/h3,5,8-9,16H,2,4H2,1H3,(H,12,13)(H,14,17)(H,15,18)(H,19,20)/t8-,9-/m0/s1. The first kappa shape index (κ1) is 15.6. The summed E-state index contributed by atoms with van der Waals surface area (Å²) in [6, 6.07) is -2.37. The van der Waals surface area contributed by atoms with Crippen molar-refractivity contribution in [2.24, 2.45) is 0 Å². The molecule has 9 nitrogen and oxygen atoms in total. The van der Waals surface area contributed by atoms with E-state index in [0.717, 1.165) is 0 Å². The zero-order valence-electron chi connectivity index (χ0n) is 10.8. The molecule has 5 N–H and O–H groups in total. The van der Waals surface area contributed by atoms with Crippen molar-refractivity contribution in [2.75, 3.05) is 6.61 Å². The number of carboxylic acid groups (broad SMARTS) is 1. The van der Waals surface area contributed by atoms with Gasteiger partial charge < -0.3 is 25.8 Å². The van der Waals surface area contributed by atoms with Gasteiger partial charge in [-0.3, -0.25) is 9.59 Å². The number of aliphatic hydroxyl groups is 1. The maximum atomic E-state index is 11.8. The summed E-state index contributed by atoms with van der Waals surface area (Å²) in [5.41, 5.74) is 0.540. The first-order chi connectivity index (χ1) is 9.43. The molecule has 20 heavy (non-hydrogen) atoms. The van der Waals surface area contributed by atoms with Crippen LogP contribution in [0.4, 0.5) is 0 Å². The molecule has 1 rings (SSSR count). The molecule has 0 fully saturated rings. The Kier molecular flexibility index (Phi) is 5.66. The predicted octanol–water partition coefficient (Wildman–Crippen LogP) is -1.98. The molecule has 1 aromatic heterocycles. The Morgan fingerprint density at radius 3 is 2.50 bits per heavy atom. The Morgan fingerprint density at radius 1 is 1.35 bits per heavy atom. The van der Waals surface area contributed by atoms with E-state index in [2.05, 4.69) is 20.6 Å². The number of aliphatic hydroxyl groups excluding tert-OH is 1. The van der Waals surface area contributed by atoms with E-state index in [9.17, 15) is 14.4 Å².